The summed E-state index contributed by atoms with van der Waals surface area (Å²) < 4.78 is 22.0. The van der Waals surface area contributed by atoms with Crippen LogP contribution >= 0.6 is 0 Å². The summed E-state index contributed by atoms with van der Waals surface area (Å²) in [6.07, 6.45) is 0. The first kappa shape index (κ1) is 22.7. The molecule has 3 aromatic carbocycles. The van der Waals surface area contributed by atoms with Crippen molar-refractivity contribution in [2.24, 2.45) is 5.73 Å². The van der Waals surface area contributed by atoms with Crippen molar-refractivity contribution in [1.82, 2.24) is 0 Å². The van der Waals surface area contributed by atoms with E-state index in [4.69, 9.17) is 24.7 Å². The monoisotopic (exact) mass is 456 g/mol. The molecule has 1 atom stereocenters. The molecule has 3 aromatic rings. The third-order valence-corrected chi connectivity index (χ3v) is 5.77. The Kier molecular flexibility index (Phi) is 6.42. The van der Waals surface area contributed by atoms with E-state index in [1.807, 2.05) is 56.3 Å². The molecular formula is C27H24N2O5. The molecule has 1 unspecified atom stereocenters. The van der Waals surface area contributed by atoms with Gasteiger partial charge in [-0.25, -0.2) is 4.79 Å². The van der Waals surface area contributed by atoms with Gasteiger partial charge in [0.15, 0.2) is 6.61 Å². The molecule has 1 heterocycles. The maximum absolute atomic E-state index is 12.4. The molecule has 1 aliphatic rings. The van der Waals surface area contributed by atoms with Crippen LogP contribution in [-0.4, -0.2) is 19.7 Å². The molecule has 0 saturated heterocycles. The molecule has 2 N–H and O–H groups in total. The Morgan fingerprint density at radius 2 is 1.82 bits per heavy atom. The van der Waals surface area contributed by atoms with Gasteiger partial charge in [-0.3, -0.25) is 0 Å². The first-order chi connectivity index (χ1) is 16.4. The normalized spacial score (nSPS) is 14.5. The number of nitriles is 1. The number of benzene rings is 3. The molecule has 0 aliphatic carbocycles. The molecule has 7 nitrogen and oxygen atoms in total. The van der Waals surface area contributed by atoms with E-state index in [0.29, 0.717) is 22.8 Å². The number of hydrogen-bond acceptors (Lipinski definition) is 7. The minimum Gasteiger partial charge on any atom is -0.497 e. The Balaban J connectivity index is 1.54. The van der Waals surface area contributed by atoms with Gasteiger partial charge in [0, 0.05) is 11.6 Å². The Morgan fingerprint density at radius 3 is 2.53 bits per heavy atom. The zero-order chi connectivity index (χ0) is 24.2. The van der Waals surface area contributed by atoms with Crippen LogP contribution in [0.5, 0.6) is 23.0 Å². The first-order valence-corrected chi connectivity index (χ1v) is 10.7. The molecule has 0 fully saturated rings. The highest BCUT2D eigenvalue weighted by Gasteiger charge is 2.31. The lowest BCUT2D eigenvalue weighted by Gasteiger charge is -2.26. The topological polar surface area (TPSA) is 104 Å². The highest BCUT2D eigenvalue weighted by molar-refractivity contribution is 5.74. The van der Waals surface area contributed by atoms with Crippen LogP contribution in [0.3, 0.4) is 0 Å². The van der Waals surface area contributed by atoms with Crippen LogP contribution in [0.4, 0.5) is 0 Å². The van der Waals surface area contributed by atoms with Crippen LogP contribution in [-0.2, 0) is 4.79 Å². The third kappa shape index (κ3) is 4.52. The highest BCUT2D eigenvalue weighted by Crippen LogP contribution is 2.43. The van der Waals surface area contributed by atoms with Crippen LogP contribution in [0.1, 0.15) is 28.2 Å². The maximum Gasteiger partial charge on any atom is 0.349 e. The zero-order valence-electron chi connectivity index (χ0n) is 19.1. The number of fused-ring (bicyclic) bond motifs is 1. The van der Waals surface area contributed by atoms with Crippen molar-refractivity contribution in [3.8, 4) is 29.1 Å². The van der Waals surface area contributed by atoms with Gasteiger partial charge >= 0.3 is 5.97 Å². The average molecular weight is 456 g/mol. The summed E-state index contributed by atoms with van der Waals surface area (Å²) in [5, 5.41) is 9.71. The van der Waals surface area contributed by atoms with E-state index >= 15 is 0 Å². The van der Waals surface area contributed by atoms with Crippen molar-refractivity contribution in [1.29, 1.82) is 5.26 Å². The van der Waals surface area contributed by atoms with E-state index in [0.717, 1.165) is 22.3 Å². The fourth-order valence-corrected chi connectivity index (χ4v) is 3.82. The predicted octanol–water partition coefficient (Wildman–Crippen LogP) is 4.51. The molecule has 4 rings (SSSR count). The van der Waals surface area contributed by atoms with E-state index in [-0.39, 0.29) is 18.2 Å². The van der Waals surface area contributed by atoms with Gasteiger partial charge in [-0.1, -0.05) is 30.3 Å². The molecule has 0 amide bonds. The maximum atomic E-state index is 12.4. The average Bonchev–Trinajstić information content (AvgIpc) is 2.84. The Labute approximate surface area is 197 Å². The molecule has 0 bridgehead atoms. The second kappa shape index (κ2) is 9.59. The lowest BCUT2D eigenvalue weighted by atomic mass is 9.83. The van der Waals surface area contributed by atoms with Gasteiger partial charge < -0.3 is 24.7 Å². The van der Waals surface area contributed by atoms with Gasteiger partial charge in [-0.15, -0.1) is 0 Å². The van der Waals surface area contributed by atoms with Gasteiger partial charge in [0.2, 0.25) is 5.88 Å². The molecule has 1 aliphatic heterocycles. The van der Waals surface area contributed by atoms with Crippen molar-refractivity contribution in [2.45, 2.75) is 19.8 Å². The van der Waals surface area contributed by atoms with E-state index in [9.17, 15) is 10.1 Å². The lowest BCUT2D eigenvalue weighted by molar-refractivity contribution is -0.136. The van der Waals surface area contributed by atoms with Crippen LogP contribution in [0.2, 0.25) is 0 Å². The molecule has 0 aromatic heterocycles. The number of carbonyl (C=O) groups excluding carboxylic acids is 1. The van der Waals surface area contributed by atoms with E-state index in [2.05, 4.69) is 6.07 Å². The Bertz CT molecular complexity index is 1310. The molecule has 7 heteroatoms. The minimum absolute atomic E-state index is 0.0116. The van der Waals surface area contributed by atoms with E-state index in [1.165, 1.54) is 0 Å². The molecule has 0 spiro atoms. The Morgan fingerprint density at radius 1 is 1.09 bits per heavy atom. The molecule has 34 heavy (non-hydrogen) atoms. The summed E-state index contributed by atoms with van der Waals surface area (Å²) in [7, 11) is 1.59. The third-order valence-electron chi connectivity index (χ3n) is 5.77. The summed E-state index contributed by atoms with van der Waals surface area (Å²) in [4.78, 5) is 12.4. The fourth-order valence-electron chi connectivity index (χ4n) is 3.82. The quantitative estimate of drug-likeness (QED) is 0.430. The number of methoxy groups -OCH3 is 1. The standard InChI is InChI=1S/C27H24N2O5/c1-16-5-4-6-23(17(16)2)32-15-25(30)33-20-11-12-21-24(13-20)34-27(29)22(14-28)26(21)18-7-9-19(31-3)10-8-18/h4-13,26H,15,29H2,1-3H3. The predicted molar refractivity (Wildman–Crippen MR) is 126 cm³/mol. The first-order valence-electron chi connectivity index (χ1n) is 10.7. The van der Waals surface area contributed by atoms with Crippen molar-refractivity contribution in [3.05, 3.63) is 94.4 Å². The van der Waals surface area contributed by atoms with Crippen LogP contribution in [0.25, 0.3) is 0 Å². The van der Waals surface area contributed by atoms with Crippen molar-refractivity contribution < 1.29 is 23.7 Å². The summed E-state index contributed by atoms with van der Waals surface area (Å²) in [5.41, 5.74) is 10.0. The van der Waals surface area contributed by atoms with Crippen molar-refractivity contribution in [3.63, 3.8) is 0 Å². The molecule has 172 valence electrons. The van der Waals surface area contributed by atoms with Gasteiger partial charge in [0.1, 0.15) is 34.6 Å². The van der Waals surface area contributed by atoms with E-state index < -0.39 is 11.9 Å². The summed E-state index contributed by atoms with van der Waals surface area (Å²) in [6.45, 7) is 3.67. The fraction of sp³-hybridized carbons (Fsp3) is 0.185. The lowest BCUT2D eigenvalue weighted by Crippen LogP contribution is -2.21. The van der Waals surface area contributed by atoms with Gasteiger partial charge in [-0.05, 0) is 54.8 Å². The number of esters is 1. The molecule has 0 saturated carbocycles. The summed E-state index contributed by atoms with van der Waals surface area (Å²) in [5.74, 6) is 1.08. The molecular weight excluding hydrogens is 432 g/mol. The van der Waals surface area contributed by atoms with Crippen LogP contribution in [0, 0.1) is 25.2 Å². The Hall–Kier alpha value is -4.44. The van der Waals surface area contributed by atoms with Gasteiger partial charge in [-0.2, -0.15) is 5.26 Å². The number of ether oxygens (including phenoxy) is 4. The summed E-state index contributed by atoms with van der Waals surface area (Å²) >= 11 is 0. The van der Waals surface area contributed by atoms with Crippen molar-refractivity contribution >= 4 is 5.97 Å². The number of carbonyl (C=O) groups is 1. The highest BCUT2D eigenvalue weighted by atomic mass is 16.6. The second-order valence-corrected chi connectivity index (χ2v) is 7.86. The largest absolute Gasteiger partial charge is 0.497 e. The van der Waals surface area contributed by atoms with Crippen LogP contribution in [0.15, 0.2) is 72.1 Å². The van der Waals surface area contributed by atoms with E-state index in [1.54, 1.807) is 25.3 Å². The second-order valence-electron chi connectivity index (χ2n) is 7.86. The van der Waals surface area contributed by atoms with Gasteiger partial charge in [0.05, 0.1) is 13.0 Å². The number of rotatable bonds is 6. The number of nitrogens with two attached hydrogens (primary N) is 1. The van der Waals surface area contributed by atoms with Gasteiger partial charge in [0.25, 0.3) is 0 Å². The zero-order valence-corrected chi connectivity index (χ0v) is 19.1. The minimum atomic E-state index is -0.551. The number of nitrogens with zero attached hydrogens (tertiary/aromatic N) is 1. The number of hydrogen-bond donors (Lipinski definition) is 1. The summed E-state index contributed by atoms with van der Waals surface area (Å²) in [6, 6.07) is 20.2. The SMILES string of the molecule is COc1ccc(C2C(C#N)=C(N)Oc3cc(OC(=O)COc4cccc(C)c4C)ccc32)cc1. The number of allylic oxidation sites excluding steroid dienone is 1. The molecule has 0 radical (unpaired) electrons. The van der Waals surface area contributed by atoms with Crippen LogP contribution < -0.4 is 24.7 Å². The smallest absolute Gasteiger partial charge is 0.349 e. The number of aryl methyl sites for hydroxylation is 1. The van der Waals surface area contributed by atoms with Crippen molar-refractivity contribution in [2.75, 3.05) is 13.7 Å².